The summed E-state index contributed by atoms with van der Waals surface area (Å²) in [7, 11) is -2.56. The van der Waals surface area contributed by atoms with Gasteiger partial charge < -0.3 is 25.0 Å². The average Bonchev–Trinajstić information content (AvgIpc) is 3.06. The minimum Gasteiger partial charge on any atom is -0.506 e. The molecule has 0 saturated carbocycles. The zero-order valence-electron chi connectivity index (χ0n) is 18.6. The lowest BCUT2D eigenvalue weighted by Gasteiger charge is -2.16. The van der Waals surface area contributed by atoms with Crippen molar-refractivity contribution in [3.05, 3.63) is 42.0 Å². The van der Waals surface area contributed by atoms with Crippen LogP contribution in [0, 0.1) is 0 Å². The topological polar surface area (TPSA) is 154 Å². The number of para-hydroxylation sites is 1. The van der Waals surface area contributed by atoms with Gasteiger partial charge in [0.1, 0.15) is 12.3 Å². The van der Waals surface area contributed by atoms with Crippen molar-refractivity contribution in [1.82, 2.24) is 10.0 Å². The lowest BCUT2D eigenvalue weighted by molar-refractivity contribution is -0.121. The van der Waals surface area contributed by atoms with E-state index in [1.807, 2.05) is 4.72 Å². The third-order valence-corrected chi connectivity index (χ3v) is 6.47. The summed E-state index contributed by atoms with van der Waals surface area (Å²) in [4.78, 5) is 23.5. The van der Waals surface area contributed by atoms with Crippen molar-refractivity contribution in [2.24, 2.45) is 0 Å². The van der Waals surface area contributed by atoms with Gasteiger partial charge in [-0.15, -0.1) is 0 Å². The molecular formula is C22H27N3O8S. The molecule has 0 spiro atoms. The second-order valence-corrected chi connectivity index (χ2v) is 9.17. The summed E-state index contributed by atoms with van der Waals surface area (Å²) in [6, 6.07) is 9.26. The van der Waals surface area contributed by atoms with E-state index in [9.17, 15) is 28.2 Å². The van der Waals surface area contributed by atoms with Crippen LogP contribution in [-0.4, -0.2) is 57.3 Å². The van der Waals surface area contributed by atoms with Crippen molar-refractivity contribution < 1.29 is 37.7 Å². The number of unbranched alkanes of at least 4 members (excludes halogenated alkanes) is 1. The van der Waals surface area contributed by atoms with Gasteiger partial charge in [0, 0.05) is 13.0 Å². The average molecular weight is 494 g/mol. The molecule has 1 saturated heterocycles. The Bertz CT molecular complexity index is 1150. The molecule has 4 N–H and O–H groups in total. The molecule has 1 fully saturated rings. The van der Waals surface area contributed by atoms with Crippen LogP contribution in [0.15, 0.2) is 36.4 Å². The first-order valence-electron chi connectivity index (χ1n) is 10.6. The Labute approximate surface area is 197 Å². The molecule has 1 heterocycles. The summed E-state index contributed by atoms with van der Waals surface area (Å²) < 4.78 is 37.2. The predicted octanol–water partition coefficient (Wildman–Crippen LogP) is 1.20. The number of nitrogens with zero attached hydrogens (tertiary/aromatic N) is 1. The van der Waals surface area contributed by atoms with E-state index in [4.69, 9.17) is 9.47 Å². The van der Waals surface area contributed by atoms with Gasteiger partial charge in [0.05, 0.1) is 19.4 Å². The largest absolute Gasteiger partial charge is 0.506 e. The third kappa shape index (κ3) is 6.22. The van der Waals surface area contributed by atoms with Gasteiger partial charge in [-0.2, -0.15) is 8.42 Å². The number of methoxy groups -OCH3 is 1. The fourth-order valence-electron chi connectivity index (χ4n) is 3.40. The van der Waals surface area contributed by atoms with Crippen molar-refractivity contribution in [2.75, 3.05) is 31.1 Å². The highest BCUT2D eigenvalue weighted by atomic mass is 32.2. The van der Waals surface area contributed by atoms with Crippen LogP contribution in [-0.2, 0) is 26.2 Å². The maximum Gasteiger partial charge on any atom is 0.326 e. The number of carbonyl (C=O) groups is 2. The summed E-state index contributed by atoms with van der Waals surface area (Å²) in [5.41, 5.74) is 0.651. The Hall–Kier alpha value is -3.67. The Morgan fingerprint density at radius 2 is 1.97 bits per heavy atom. The number of hydrogen-bond donors (Lipinski definition) is 4. The molecular weight excluding hydrogens is 466 g/mol. The van der Waals surface area contributed by atoms with E-state index in [-0.39, 0.29) is 35.3 Å². The fraction of sp³-hybridized carbons (Fsp3) is 0.364. The number of benzene rings is 2. The molecule has 184 valence electrons. The van der Waals surface area contributed by atoms with Crippen LogP contribution in [0.3, 0.4) is 0 Å². The van der Waals surface area contributed by atoms with Gasteiger partial charge in [-0.05, 0) is 49.1 Å². The Kier molecular flexibility index (Phi) is 8.05. The minimum atomic E-state index is -4.01. The smallest absolute Gasteiger partial charge is 0.326 e. The first-order valence-corrected chi connectivity index (χ1v) is 12.1. The van der Waals surface area contributed by atoms with Crippen LogP contribution in [0.4, 0.5) is 5.69 Å². The summed E-state index contributed by atoms with van der Waals surface area (Å²) >= 11 is 0. The zero-order chi connectivity index (χ0) is 24.7. The summed E-state index contributed by atoms with van der Waals surface area (Å²) in [5, 5.41) is 22.8. The zero-order valence-corrected chi connectivity index (χ0v) is 19.4. The molecule has 1 aliphatic heterocycles. The van der Waals surface area contributed by atoms with Gasteiger partial charge in [0.25, 0.3) is 5.91 Å². The molecule has 12 heteroatoms. The number of aryl methyl sites for hydroxylation is 1. The Balaban J connectivity index is 1.37. The number of carbonyl (C=O) groups excluding carboxylic acids is 2. The highest BCUT2D eigenvalue weighted by Crippen LogP contribution is 2.35. The quantitative estimate of drug-likeness (QED) is 0.341. The van der Waals surface area contributed by atoms with Gasteiger partial charge in [-0.1, -0.05) is 12.1 Å². The SMILES string of the molecule is COc1c(O)cccc1OCCCCNC(=O)CCc1ccc(N2CC(=O)NS2(=O)=O)c(O)c1. The van der Waals surface area contributed by atoms with E-state index in [1.54, 1.807) is 18.2 Å². The number of rotatable bonds is 11. The first kappa shape index (κ1) is 25.0. The second-order valence-electron chi connectivity index (χ2n) is 7.57. The van der Waals surface area contributed by atoms with Crippen molar-refractivity contribution in [2.45, 2.75) is 25.7 Å². The monoisotopic (exact) mass is 493 g/mol. The highest BCUT2D eigenvalue weighted by Gasteiger charge is 2.35. The molecule has 0 atom stereocenters. The maximum atomic E-state index is 12.1. The number of aromatic hydroxyl groups is 2. The second kappa shape index (κ2) is 11.0. The maximum absolute atomic E-state index is 12.1. The molecule has 3 rings (SSSR count). The number of ether oxygens (including phenoxy) is 2. The molecule has 2 aromatic carbocycles. The van der Waals surface area contributed by atoms with Gasteiger partial charge in [-0.3, -0.25) is 9.59 Å². The lowest BCUT2D eigenvalue weighted by Crippen LogP contribution is -2.29. The van der Waals surface area contributed by atoms with Crippen molar-refractivity contribution in [1.29, 1.82) is 0 Å². The number of phenols is 2. The minimum absolute atomic E-state index is 0.00268. The highest BCUT2D eigenvalue weighted by molar-refractivity contribution is 7.92. The van der Waals surface area contributed by atoms with E-state index in [0.717, 1.165) is 4.31 Å². The van der Waals surface area contributed by atoms with Crippen LogP contribution in [0.1, 0.15) is 24.8 Å². The Morgan fingerprint density at radius 1 is 1.18 bits per heavy atom. The molecule has 0 unspecified atom stereocenters. The van der Waals surface area contributed by atoms with E-state index < -0.39 is 22.7 Å². The molecule has 0 aliphatic carbocycles. The molecule has 34 heavy (non-hydrogen) atoms. The molecule has 0 bridgehead atoms. The molecule has 2 amide bonds. The van der Waals surface area contributed by atoms with Crippen molar-refractivity contribution in [3.8, 4) is 23.0 Å². The Morgan fingerprint density at radius 3 is 2.65 bits per heavy atom. The van der Waals surface area contributed by atoms with Gasteiger partial charge in [-0.25, -0.2) is 9.03 Å². The third-order valence-electron chi connectivity index (χ3n) is 5.08. The van der Waals surface area contributed by atoms with E-state index >= 15 is 0 Å². The number of anilines is 1. The van der Waals surface area contributed by atoms with Crippen molar-refractivity contribution >= 4 is 27.7 Å². The fourth-order valence-corrected chi connectivity index (χ4v) is 4.57. The lowest BCUT2D eigenvalue weighted by atomic mass is 10.1. The molecule has 0 aromatic heterocycles. The summed E-state index contributed by atoms with van der Waals surface area (Å²) in [6.07, 6.45) is 1.92. The standard InChI is InChI=1S/C22H27N3O8S/c1-32-22-17(26)5-4-6-19(22)33-12-3-2-11-23-20(28)10-8-15-7-9-16(18(27)13-15)25-14-21(29)24-34(25,30)31/h4-7,9,13,26-27H,2-3,8,10-12,14H2,1H3,(H,23,28)(H,24,29). The predicted molar refractivity (Wildman–Crippen MR) is 123 cm³/mol. The van der Waals surface area contributed by atoms with E-state index in [0.29, 0.717) is 43.7 Å². The van der Waals surface area contributed by atoms with Gasteiger partial charge in [0.15, 0.2) is 11.5 Å². The number of nitrogens with one attached hydrogen (secondary N) is 2. The van der Waals surface area contributed by atoms with Crippen LogP contribution in [0.25, 0.3) is 0 Å². The number of amides is 2. The van der Waals surface area contributed by atoms with E-state index in [1.165, 1.54) is 25.3 Å². The molecule has 11 nitrogen and oxygen atoms in total. The van der Waals surface area contributed by atoms with Crippen LogP contribution >= 0.6 is 0 Å². The molecule has 2 aromatic rings. The van der Waals surface area contributed by atoms with Crippen LogP contribution in [0.5, 0.6) is 23.0 Å². The number of phenolic OH excluding ortho intramolecular Hbond substituents is 2. The normalized spacial score (nSPS) is 14.5. The van der Waals surface area contributed by atoms with Crippen LogP contribution in [0.2, 0.25) is 0 Å². The summed E-state index contributed by atoms with van der Waals surface area (Å²) in [5.74, 6) is -0.389. The van der Waals surface area contributed by atoms with E-state index in [2.05, 4.69) is 5.32 Å². The van der Waals surface area contributed by atoms with Gasteiger partial charge in [0.2, 0.25) is 11.7 Å². The van der Waals surface area contributed by atoms with Crippen molar-refractivity contribution in [3.63, 3.8) is 0 Å². The summed E-state index contributed by atoms with van der Waals surface area (Å²) in [6.45, 7) is 0.469. The first-order chi connectivity index (χ1) is 16.2. The van der Waals surface area contributed by atoms with Gasteiger partial charge >= 0.3 is 10.2 Å². The number of hydrogen-bond acceptors (Lipinski definition) is 8. The molecule has 0 radical (unpaired) electrons. The molecule has 1 aliphatic rings. The van der Waals surface area contributed by atoms with Crippen LogP contribution < -0.4 is 23.8 Å².